The average Bonchev–Trinajstić information content (AvgIpc) is 3.55. The molecule has 1 aromatic carbocycles. The molecule has 30 heavy (non-hydrogen) atoms. The van der Waals surface area contributed by atoms with Crippen LogP contribution in [0.25, 0.3) is 0 Å². The van der Waals surface area contributed by atoms with Gasteiger partial charge >= 0.3 is 0 Å². The number of benzene rings is 1. The Morgan fingerprint density at radius 1 is 1.17 bits per heavy atom. The number of amides is 2. The summed E-state index contributed by atoms with van der Waals surface area (Å²) < 4.78 is 11.8. The van der Waals surface area contributed by atoms with Crippen molar-refractivity contribution in [3.8, 4) is 0 Å². The van der Waals surface area contributed by atoms with E-state index in [-0.39, 0.29) is 55.6 Å². The Hall–Kier alpha value is -1.67. The van der Waals surface area contributed by atoms with Crippen molar-refractivity contribution in [2.45, 2.75) is 63.0 Å². The number of β-amino-alcohol motifs (C(OH)–C–C–N with tert-alkyl or cyclic N) is 1. The van der Waals surface area contributed by atoms with Crippen LogP contribution < -0.4 is 5.32 Å². The lowest BCUT2D eigenvalue weighted by Gasteiger charge is -2.44. The molecule has 0 spiro atoms. The summed E-state index contributed by atoms with van der Waals surface area (Å²) in [4.78, 5) is 27.0. The first-order valence-corrected chi connectivity index (χ1v) is 11.1. The molecule has 8 heteroatoms. The van der Waals surface area contributed by atoms with Crippen LogP contribution in [0.2, 0.25) is 5.02 Å². The van der Waals surface area contributed by atoms with E-state index in [1.807, 2.05) is 23.1 Å². The molecule has 2 N–H and O–H groups in total. The lowest BCUT2D eigenvalue weighted by Crippen LogP contribution is -2.57. The van der Waals surface area contributed by atoms with Crippen LogP contribution in [0, 0.1) is 5.92 Å². The zero-order chi connectivity index (χ0) is 21.1. The number of rotatable bonds is 5. The van der Waals surface area contributed by atoms with Crippen LogP contribution in [0.5, 0.6) is 0 Å². The molecule has 0 aromatic heterocycles. The fraction of sp³-hybridized carbons (Fsp3) is 0.636. The maximum absolute atomic E-state index is 12.8. The molecular formula is C22H29ClN2O5. The van der Waals surface area contributed by atoms with Crippen molar-refractivity contribution in [1.29, 1.82) is 0 Å². The number of hydrogen-bond acceptors (Lipinski definition) is 5. The number of halogens is 1. The van der Waals surface area contributed by atoms with Crippen molar-refractivity contribution in [1.82, 2.24) is 10.2 Å². The van der Waals surface area contributed by atoms with E-state index in [0.29, 0.717) is 24.6 Å². The van der Waals surface area contributed by atoms with Gasteiger partial charge in [-0.15, -0.1) is 0 Å². The molecule has 4 atom stereocenters. The molecule has 2 saturated heterocycles. The monoisotopic (exact) mass is 436 g/mol. The quantitative estimate of drug-likeness (QED) is 0.736. The van der Waals surface area contributed by atoms with Gasteiger partial charge in [-0.1, -0.05) is 29.8 Å². The number of carbonyl (C=O) groups is 2. The molecule has 2 amide bonds. The van der Waals surface area contributed by atoms with Crippen LogP contribution in [-0.4, -0.2) is 65.9 Å². The smallest absolute Gasteiger partial charge is 0.226 e. The largest absolute Gasteiger partial charge is 0.389 e. The van der Waals surface area contributed by atoms with Crippen LogP contribution in [0.3, 0.4) is 0 Å². The fourth-order valence-corrected chi connectivity index (χ4v) is 4.48. The van der Waals surface area contributed by atoms with Gasteiger partial charge in [0, 0.05) is 24.0 Å². The van der Waals surface area contributed by atoms with Gasteiger partial charge < -0.3 is 24.8 Å². The second-order valence-electron chi connectivity index (χ2n) is 8.47. The molecule has 0 unspecified atom stereocenters. The zero-order valence-electron chi connectivity index (χ0n) is 17.0. The number of nitrogens with zero attached hydrogens (tertiary/aromatic N) is 1. The Morgan fingerprint density at radius 3 is 2.73 bits per heavy atom. The van der Waals surface area contributed by atoms with E-state index in [1.54, 1.807) is 6.07 Å². The van der Waals surface area contributed by atoms with Crippen molar-refractivity contribution in [2.75, 3.05) is 19.8 Å². The molecule has 0 bridgehead atoms. The van der Waals surface area contributed by atoms with E-state index < -0.39 is 6.10 Å². The number of aliphatic hydroxyl groups is 1. The topological polar surface area (TPSA) is 88.1 Å². The Morgan fingerprint density at radius 2 is 1.97 bits per heavy atom. The van der Waals surface area contributed by atoms with Crippen molar-refractivity contribution in [3.05, 3.63) is 34.9 Å². The predicted molar refractivity (Wildman–Crippen MR) is 111 cm³/mol. The van der Waals surface area contributed by atoms with Crippen LogP contribution in [0.4, 0.5) is 0 Å². The summed E-state index contributed by atoms with van der Waals surface area (Å²) in [6.45, 7) is 1.16. The Kier molecular flexibility index (Phi) is 6.93. The lowest BCUT2D eigenvalue weighted by molar-refractivity contribution is -0.170. The minimum atomic E-state index is -0.679. The predicted octanol–water partition coefficient (Wildman–Crippen LogP) is 1.89. The third-order valence-electron chi connectivity index (χ3n) is 6.04. The van der Waals surface area contributed by atoms with Gasteiger partial charge in [-0.25, -0.2) is 0 Å². The molecule has 1 aromatic rings. The van der Waals surface area contributed by atoms with Crippen molar-refractivity contribution < 1.29 is 24.2 Å². The van der Waals surface area contributed by atoms with Gasteiger partial charge in [0.25, 0.3) is 0 Å². The molecule has 164 valence electrons. The standard InChI is InChI=1S/C22H29ClN2O5/c23-18-4-2-1-3-15(18)10-24-21(27)9-17-7-8-19-20(30-17)13-29-12-16(26)11-25(19)22(28)14-5-6-14/h1-4,14,16-17,19-20,26H,5-13H2,(H,24,27)/t16-,17-,19-,20+/m1/s1. The van der Waals surface area contributed by atoms with Gasteiger partial charge in [-0.05, 0) is 37.3 Å². The zero-order valence-corrected chi connectivity index (χ0v) is 17.7. The Bertz CT molecular complexity index is 772. The van der Waals surface area contributed by atoms with E-state index in [1.165, 1.54) is 0 Å². The average molecular weight is 437 g/mol. The second kappa shape index (κ2) is 9.64. The molecule has 4 rings (SSSR count). The fourth-order valence-electron chi connectivity index (χ4n) is 4.27. The van der Waals surface area contributed by atoms with Gasteiger partial charge in [-0.2, -0.15) is 0 Å². The SMILES string of the molecule is O=C(C[C@H]1CC[C@@H]2[C@H](COC[C@H](O)CN2C(=O)C2CC2)O1)NCc1ccccc1Cl. The summed E-state index contributed by atoms with van der Waals surface area (Å²) in [6, 6.07) is 7.31. The number of nitrogens with one attached hydrogen (secondary N) is 1. The van der Waals surface area contributed by atoms with Gasteiger partial charge in [0.05, 0.1) is 37.9 Å². The number of carbonyl (C=O) groups excluding carboxylic acids is 2. The van der Waals surface area contributed by atoms with Gasteiger partial charge in [0.2, 0.25) is 11.8 Å². The van der Waals surface area contributed by atoms with Crippen LogP contribution >= 0.6 is 11.6 Å². The highest BCUT2D eigenvalue weighted by atomic mass is 35.5. The third-order valence-corrected chi connectivity index (χ3v) is 6.41. The second-order valence-corrected chi connectivity index (χ2v) is 8.88. The molecule has 7 nitrogen and oxygen atoms in total. The van der Waals surface area contributed by atoms with Crippen molar-refractivity contribution in [2.24, 2.45) is 5.92 Å². The maximum Gasteiger partial charge on any atom is 0.226 e. The summed E-state index contributed by atoms with van der Waals surface area (Å²) >= 11 is 6.14. The number of fused-ring (bicyclic) bond motifs is 1. The highest BCUT2D eigenvalue weighted by Gasteiger charge is 2.43. The molecule has 3 fully saturated rings. The summed E-state index contributed by atoms with van der Waals surface area (Å²) in [5, 5.41) is 13.7. The molecular weight excluding hydrogens is 408 g/mol. The number of hydrogen-bond donors (Lipinski definition) is 2. The van der Waals surface area contributed by atoms with Gasteiger partial charge in [-0.3, -0.25) is 9.59 Å². The first-order chi connectivity index (χ1) is 14.5. The Balaban J connectivity index is 1.33. The normalized spacial score (nSPS) is 29.5. The molecule has 1 aliphatic carbocycles. The first-order valence-electron chi connectivity index (χ1n) is 10.7. The highest BCUT2D eigenvalue weighted by Crippen LogP contribution is 2.35. The molecule has 0 radical (unpaired) electrons. The number of ether oxygens (including phenoxy) is 2. The van der Waals surface area contributed by atoms with Crippen molar-refractivity contribution >= 4 is 23.4 Å². The van der Waals surface area contributed by atoms with E-state index in [9.17, 15) is 14.7 Å². The molecule has 2 aliphatic heterocycles. The van der Waals surface area contributed by atoms with Crippen molar-refractivity contribution in [3.63, 3.8) is 0 Å². The van der Waals surface area contributed by atoms with E-state index in [4.69, 9.17) is 21.1 Å². The summed E-state index contributed by atoms with van der Waals surface area (Å²) in [7, 11) is 0. The third kappa shape index (κ3) is 5.32. The summed E-state index contributed by atoms with van der Waals surface area (Å²) in [6.07, 6.45) is 2.35. The van der Waals surface area contributed by atoms with Gasteiger partial charge in [0.1, 0.15) is 6.10 Å². The van der Waals surface area contributed by atoms with E-state index >= 15 is 0 Å². The lowest BCUT2D eigenvalue weighted by atomic mass is 9.94. The van der Waals surface area contributed by atoms with Gasteiger partial charge in [0.15, 0.2) is 0 Å². The van der Waals surface area contributed by atoms with E-state index in [0.717, 1.165) is 24.8 Å². The molecule has 1 saturated carbocycles. The van der Waals surface area contributed by atoms with Crippen LogP contribution in [0.1, 0.15) is 37.7 Å². The van der Waals surface area contributed by atoms with Crippen LogP contribution in [0.15, 0.2) is 24.3 Å². The number of aliphatic hydroxyl groups excluding tert-OH is 1. The summed E-state index contributed by atoms with van der Waals surface area (Å²) in [5.74, 6) is 0.114. The Labute approximate surface area is 181 Å². The highest BCUT2D eigenvalue weighted by molar-refractivity contribution is 6.31. The maximum atomic E-state index is 12.8. The summed E-state index contributed by atoms with van der Waals surface area (Å²) in [5.41, 5.74) is 0.873. The minimum absolute atomic E-state index is 0.0894. The van der Waals surface area contributed by atoms with Crippen LogP contribution in [-0.2, 0) is 25.6 Å². The molecule has 2 heterocycles. The minimum Gasteiger partial charge on any atom is -0.389 e. The van der Waals surface area contributed by atoms with E-state index in [2.05, 4.69) is 5.32 Å². The first kappa shape index (κ1) is 21.6. The molecule has 3 aliphatic rings.